The Morgan fingerprint density at radius 1 is 1.15 bits per heavy atom. The van der Waals surface area contributed by atoms with Crippen LogP contribution >= 0.6 is 0 Å². The molecule has 1 aromatic heterocycles. The first-order valence-electron chi connectivity index (χ1n) is 8.06. The molecule has 1 amide bonds. The van der Waals surface area contributed by atoms with Crippen LogP contribution in [0.4, 0.5) is 0 Å². The Balaban J connectivity index is 1.69. The van der Waals surface area contributed by atoms with E-state index in [0.717, 1.165) is 10.2 Å². The number of aryl methyl sites for hydroxylation is 1. The van der Waals surface area contributed by atoms with Gasteiger partial charge in [0.25, 0.3) is 11.5 Å². The number of hydrogen-bond donors (Lipinski definition) is 1. The molecule has 0 aliphatic carbocycles. The van der Waals surface area contributed by atoms with E-state index in [4.69, 9.17) is 4.84 Å². The molecule has 2 aromatic carbocycles. The maximum absolute atomic E-state index is 12.5. The van der Waals surface area contributed by atoms with Crippen molar-refractivity contribution in [3.8, 4) is 0 Å². The van der Waals surface area contributed by atoms with Crippen LogP contribution in [0.3, 0.4) is 0 Å². The number of nitrogens with zero attached hydrogens (tertiary/aromatic N) is 3. The second kappa shape index (κ2) is 7.60. The number of aromatic nitrogens is 2. The Morgan fingerprint density at radius 3 is 2.62 bits per heavy atom. The van der Waals surface area contributed by atoms with Crippen molar-refractivity contribution in [2.75, 3.05) is 12.0 Å². The van der Waals surface area contributed by atoms with Crippen molar-refractivity contribution < 1.29 is 9.63 Å². The van der Waals surface area contributed by atoms with E-state index in [2.05, 4.69) is 15.6 Å². The van der Waals surface area contributed by atoms with E-state index in [1.54, 1.807) is 38.1 Å². The predicted molar refractivity (Wildman–Crippen MR) is 99.7 cm³/mol. The molecule has 0 aliphatic rings. The van der Waals surface area contributed by atoms with Crippen molar-refractivity contribution >= 4 is 22.5 Å². The first-order chi connectivity index (χ1) is 12.6. The van der Waals surface area contributed by atoms with E-state index < -0.39 is 5.91 Å². The summed E-state index contributed by atoms with van der Waals surface area (Å²) in [5.74, 6) is -0.122. The summed E-state index contributed by atoms with van der Waals surface area (Å²) >= 11 is 0. The molecule has 1 heterocycles. The summed E-state index contributed by atoms with van der Waals surface area (Å²) in [6.45, 7) is 3.12. The normalized spacial score (nSPS) is 11.4. The van der Waals surface area contributed by atoms with E-state index in [1.165, 1.54) is 0 Å². The summed E-state index contributed by atoms with van der Waals surface area (Å²) in [5, 5.41) is 4.35. The molecule has 0 aliphatic heterocycles. The maximum Gasteiger partial charge on any atom is 0.280 e. The summed E-state index contributed by atoms with van der Waals surface area (Å²) in [6.07, 6.45) is 0. The lowest BCUT2D eigenvalue weighted by atomic mass is 10.1. The third-order valence-electron chi connectivity index (χ3n) is 3.77. The van der Waals surface area contributed by atoms with Gasteiger partial charge in [-0.15, -0.1) is 0 Å². The molecule has 7 nitrogen and oxygen atoms in total. The van der Waals surface area contributed by atoms with Gasteiger partial charge in [0.05, 0.1) is 16.6 Å². The van der Waals surface area contributed by atoms with Crippen molar-refractivity contribution in [2.45, 2.75) is 13.8 Å². The zero-order chi connectivity index (χ0) is 18.5. The highest BCUT2D eigenvalue weighted by Gasteiger charge is 2.11. The van der Waals surface area contributed by atoms with E-state index in [0.29, 0.717) is 22.4 Å². The smallest absolute Gasteiger partial charge is 0.280 e. The standard InChI is InChI=1S/C19H18N4O3/c1-13(15-8-4-3-5-9-15)22-26-12-18(24)21-23-14(2)20-17-11-7-6-10-16(17)19(23)25/h3-11H,12H2,1-2H3,(H,21,24)/b22-13-. The highest BCUT2D eigenvalue weighted by molar-refractivity contribution is 5.98. The molecule has 0 unspecified atom stereocenters. The second-order valence-corrected chi connectivity index (χ2v) is 5.67. The molecule has 0 atom stereocenters. The minimum absolute atomic E-state index is 0.317. The molecule has 1 N–H and O–H groups in total. The summed E-state index contributed by atoms with van der Waals surface area (Å²) in [5.41, 5.74) is 4.29. The predicted octanol–water partition coefficient (Wildman–Crippen LogP) is 2.22. The van der Waals surface area contributed by atoms with Gasteiger partial charge in [0, 0.05) is 0 Å². The molecule has 3 aromatic rings. The number of rotatable bonds is 5. The van der Waals surface area contributed by atoms with E-state index in [1.807, 2.05) is 30.3 Å². The van der Waals surface area contributed by atoms with E-state index in [-0.39, 0.29) is 12.2 Å². The first-order valence-corrected chi connectivity index (χ1v) is 8.06. The molecule has 0 fully saturated rings. The van der Waals surface area contributed by atoms with Crippen molar-refractivity contribution in [3.05, 3.63) is 76.3 Å². The number of oxime groups is 1. The summed E-state index contributed by atoms with van der Waals surface area (Å²) in [4.78, 5) is 34.0. The highest BCUT2D eigenvalue weighted by Crippen LogP contribution is 2.06. The maximum atomic E-state index is 12.5. The van der Waals surface area contributed by atoms with Crippen LogP contribution in [-0.4, -0.2) is 27.9 Å². The summed E-state index contributed by atoms with van der Waals surface area (Å²) in [6, 6.07) is 16.4. The molecular formula is C19H18N4O3. The molecule has 0 saturated carbocycles. The molecule has 26 heavy (non-hydrogen) atoms. The largest absolute Gasteiger partial charge is 0.385 e. The topological polar surface area (TPSA) is 85.6 Å². The lowest BCUT2D eigenvalue weighted by Crippen LogP contribution is -2.37. The number of carbonyl (C=O) groups excluding carboxylic acids is 1. The molecule has 0 radical (unpaired) electrons. The van der Waals surface area contributed by atoms with Crippen LogP contribution in [0.2, 0.25) is 0 Å². The number of benzene rings is 2. The minimum Gasteiger partial charge on any atom is -0.385 e. The van der Waals surface area contributed by atoms with Crippen LogP contribution in [-0.2, 0) is 9.63 Å². The van der Waals surface area contributed by atoms with E-state index in [9.17, 15) is 9.59 Å². The van der Waals surface area contributed by atoms with Gasteiger partial charge in [-0.2, -0.15) is 0 Å². The molecule has 0 bridgehead atoms. The zero-order valence-electron chi connectivity index (χ0n) is 14.5. The number of fused-ring (bicyclic) bond motifs is 1. The SMILES string of the molecule is C/C(=N/OCC(=O)Nn1c(C)nc2ccccc2c1=O)c1ccccc1. The lowest BCUT2D eigenvalue weighted by molar-refractivity contribution is -0.121. The van der Waals surface area contributed by atoms with Crippen molar-refractivity contribution in [2.24, 2.45) is 5.16 Å². The van der Waals surface area contributed by atoms with Gasteiger partial charge in [0.15, 0.2) is 6.61 Å². The van der Waals surface area contributed by atoms with Crippen LogP contribution in [0.5, 0.6) is 0 Å². The molecule has 132 valence electrons. The van der Waals surface area contributed by atoms with Gasteiger partial charge in [-0.3, -0.25) is 15.0 Å². The number of nitrogens with one attached hydrogen (secondary N) is 1. The third-order valence-corrected chi connectivity index (χ3v) is 3.77. The van der Waals surface area contributed by atoms with Crippen molar-refractivity contribution in [1.29, 1.82) is 0 Å². The minimum atomic E-state index is -0.503. The number of amides is 1. The van der Waals surface area contributed by atoms with Gasteiger partial charge < -0.3 is 4.84 Å². The van der Waals surface area contributed by atoms with Gasteiger partial charge in [-0.05, 0) is 31.5 Å². The molecule has 3 rings (SSSR count). The van der Waals surface area contributed by atoms with Gasteiger partial charge in [-0.25, -0.2) is 9.66 Å². The fourth-order valence-corrected chi connectivity index (χ4v) is 2.45. The van der Waals surface area contributed by atoms with Crippen LogP contribution in [0.1, 0.15) is 18.3 Å². The Hall–Kier alpha value is -3.48. The molecule has 7 heteroatoms. The van der Waals surface area contributed by atoms with Crippen LogP contribution in [0, 0.1) is 6.92 Å². The molecule has 0 spiro atoms. The molecular weight excluding hydrogens is 332 g/mol. The third kappa shape index (κ3) is 3.77. The quantitative estimate of drug-likeness (QED) is 0.565. The second-order valence-electron chi connectivity index (χ2n) is 5.67. The number of para-hydroxylation sites is 1. The van der Waals surface area contributed by atoms with Gasteiger partial charge in [0.1, 0.15) is 5.82 Å². The van der Waals surface area contributed by atoms with Crippen LogP contribution < -0.4 is 11.0 Å². The summed E-state index contributed by atoms with van der Waals surface area (Å²) in [7, 11) is 0. The fraction of sp³-hybridized carbons (Fsp3) is 0.158. The first kappa shape index (κ1) is 17.3. The average Bonchev–Trinajstić information content (AvgIpc) is 2.66. The Kier molecular flexibility index (Phi) is 5.07. The lowest BCUT2D eigenvalue weighted by Gasteiger charge is -2.11. The fourth-order valence-electron chi connectivity index (χ4n) is 2.45. The number of carbonyl (C=O) groups is 1. The van der Waals surface area contributed by atoms with Gasteiger partial charge >= 0.3 is 0 Å². The zero-order valence-corrected chi connectivity index (χ0v) is 14.5. The van der Waals surface area contributed by atoms with Gasteiger partial charge in [0.2, 0.25) is 0 Å². The Labute approximate surface area is 149 Å². The molecule has 0 saturated heterocycles. The van der Waals surface area contributed by atoms with E-state index >= 15 is 0 Å². The number of hydrogen-bond acceptors (Lipinski definition) is 5. The van der Waals surface area contributed by atoms with Crippen LogP contribution in [0.15, 0.2) is 64.5 Å². The van der Waals surface area contributed by atoms with Crippen LogP contribution in [0.25, 0.3) is 10.9 Å². The van der Waals surface area contributed by atoms with Crippen molar-refractivity contribution in [1.82, 2.24) is 9.66 Å². The average molecular weight is 350 g/mol. The Bertz CT molecular complexity index is 1030. The monoisotopic (exact) mass is 350 g/mol. The van der Waals surface area contributed by atoms with Gasteiger partial charge in [-0.1, -0.05) is 47.6 Å². The summed E-state index contributed by atoms with van der Waals surface area (Å²) < 4.78 is 1.11. The Morgan fingerprint density at radius 2 is 1.85 bits per heavy atom. The highest BCUT2D eigenvalue weighted by atomic mass is 16.6. The van der Waals surface area contributed by atoms with Crippen molar-refractivity contribution in [3.63, 3.8) is 0 Å².